The van der Waals surface area contributed by atoms with Gasteiger partial charge in [0.2, 0.25) is 11.8 Å². The maximum absolute atomic E-state index is 13.6. The SMILES string of the molecule is COc1cc(N2CCC(N(C)C(=O)C3(Cl)CC3(Cl)Cl)C2=O)ccc1F. The van der Waals surface area contributed by atoms with Crippen molar-refractivity contribution in [1.82, 2.24) is 4.90 Å². The van der Waals surface area contributed by atoms with Crippen LogP contribution in [0.15, 0.2) is 18.2 Å². The van der Waals surface area contributed by atoms with E-state index in [9.17, 15) is 14.0 Å². The summed E-state index contributed by atoms with van der Waals surface area (Å²) in [5.74, 6) is -1.22. The second-order valence-electron chi connectivity index (χ2n) is 6.21. The number of nitrogens with zero attached hydrogens (tertiary/aromatic N) is 2. The molecule has 2 aliphatic rings. The van der Waals surface area contributed by atoms with E-state index in [4.69, 9.17) is 39.5 Å². The Balaban J connectivity index is 1.77. The summed E-state index contributed by atoms with van der Waals surface area (Å²) in [6.45, 7) is 0.387. The molecule has 2 unspecified atom stereocenters. The molecule has 1 aliphatic carbocycles. The van der Waals surface area contributed by atoms with Gasteiger partial charge in [0.1, 0.15) is 10.4 Å². The molecular formula is C16H16Cl3FN2O3. The zero-order chi connectivity index (χ0) is 18.6. The molecule has 9 heteroatoms. The van der Waals surface area contributed by atoms with Crippen LogP contribution in [0.1, 0.15) is 12.8 Å². The number of hydrogen-bond acceptors (Lipinski definition) is 3. The van der Waals surface area contributed by atoms with Crippen LogP contribution in [0.2, 0.25) is 0 Å². The first kappa shape index (κ1) is 18.5. The largest absolute Gasteiger partial charge is 0.494 e. The van der Waals surface area contributed by atoms with Crippen LogP contribution in [0.3, 0.4) is 0 Å². The maximum atomic E-state index is 13.6. The number of amides is 2. The van der Waals surface area contributed by atoms with E-state index in [0.29, 0.717) is 18.7 Å². The van der Waals surface area contributed by atoms with Crippen LogP contribution in [-0.2, 0) is 9.59 Å². The summed E-state index contributed by atoms with van der Waals surface area (Å²) in [5.41, 5.74) is 0.502. The summed E-state index contributed by atoms with van der Waals surface area (Å²) in [7, 11) is 2.86. The van der Waals surface area contributed by atoms with Gasteiger partial charge in [0.15, 0.2) is 16.4 Å². The van der Waals surface area contributed by atoms with Crippen molar-refractivity contribution in [2.45, 2.75) is 28.1 Å². The molecule has 0 radical (unpaired) electrons. The van der Waals surface area contributed by atoms with E-state index < -0.39 is 27.0 Å². The lowest BCUT2D eigenvalue weighted by atomic mass is 10.2. The Morgan fingerprint density at radius 1 is 1.40 bits per heavy atom. The van der Waals surface area contributed by atoms with Crippen molar-refractivity contribution in [3.05, 3.63) is 24.0 Å². The Morgan fingerprint density at radius 3 is 2.60 bits per heavy atom. The van der Waals surface area contributed by atoms with Crippen molar-refractivity contribution < 1.29 is 18.7 Å². The molecule has 1 aromatic rings. The Kier molecular flexibility index (Phi) is 4.58. The first-order valence-electron chi connectivity index (χ1n) is 7.61. The minimum Gasteiger partial charge on any atom is -0.494 e. The van der Waals surface area contributed by atoms with Gasteiger partial charge >= 0.3 is 0 Å². The van der Waals surface area contributed by atoms with E-state index in [0.717, 1.165) is 0 Å². The monoisotopic (exact) mass is 408 g/mol. The second-order valence-corrected chi connectivity index (χ2v) is 8.34. The van der Waals surface area contributed by atoms with Crippen molar-refractivity contribution >= 4 is 52.3 Å². The third kappa shape index (κ3) is 2.94. The summed E-state index contributed by atoms with van der Waals surface area (Å²) in [6.07, 6.45) is 0.554. The molecule has 0 bridgehead atoms. The number of anilines is 1. The van der Waals surface area contributed by atoms with Gasteiger partial charge in [-0.15, -0.1) is 11.6 Å². The lowest BCUT2D eigenvalue weighted by Crippen LogP contribution is -2.47. The Hall–Kier alpha value is -1.24. The quantitative estimate of drug-likeness (QED) is 0.719. The fraction of sp³-hybridized carbons (Fsp3) is 0.500. The van der Waals surface area contributed by atoms with Crippen molar-refractivity contribution in [3.63, 3.8) is 0 Å². The molecule has 2 atom stereocenters. The number of ether oxygens (including phenoxy) is 1. The van der Waals surface area contributed by atoms with Crippen LogP contribution < -0.4 is 9.64 Å². The highest BCUT2D eigenvalue weighted by atomic mass is 35.5. The molecule has 25 heavy (non-hydrogen) atoms. The van der Waals surface area contributed by atoms with Gasteiger partial charge in [-0.05, 0) is 18.6 Å². The van der Waals surface area contributed by atoms with E-state index in [2.05, 4.69) is 0 Å². The van der Waals surface area contributed by atoms with Gasteiger partial charge in [0, 0.05) is 31.8 Å². The first-order chi connectivity index (χ1) is 11.6. The van der Waals surface area contributed by atoms with Crippen LogP contribution in [0, 0.1) is 5.82 Å². The van der Waals surface area contributed by atoms with Gasteiger partial charge in [0.25, 0.3) is 0 Å². The number of alkyl halides is 3. The summed E-state index contributed by atoms with van der Waals surface area (Å²) in [4.78, 5) is 26.7. The average Bonchev–Trinajstić information content (AvgIpc) is 2.89. The van der Waals surface area contributed by atoms with Crippen molar-refractivity contribution in [2.75, 3.05) is 25.6 Å². The number of benzene rings is 1. The number of likely N-dealkylation sites (N-methyl/N-ethyl adjacent to an activating group) is 1. The highest BCUT2D eigenvalue weighted by Gasteiger charge is 2.72. The fourth-order valence-corrected chi connectivity index (χ4v) is 4.04. The molecule has 2 amide bonds. The third-order valence-electron chi connectivity index (χ3n) is 4.67. The van der Waals surface area contributed by atoms with Crippen LogP contribution in [0.4, 0.5) is 10.1 Å². The van der Waals surface area contributed by atoms with Crippen LogP contribution >= 0.6 is 34.8 Å². The fourth-order valence-electron chi connectivity index (χ4n) is 3.01. The number of methoxy groups -OCH3 is 1. The van der Waals surface area contributed by atoms with Crippen molar-refractivity contribution in [3.8, 4) is 5.75 Å². The van der Waals surface area contributed by atoms with Gasteiger partial charge < -0.3 is 14.5 Å². The molecule has 1 saturated heterocycles. The van der Waals surface area contributed by atoms with Gasteiger partial charge in [-0.2, -0.15) is 0 Å². The van der Waals surface area contributed by atoms with Crippen LogP contribution in [0.5, 0.6) is 5.75 Å². The molecule has 0 aromatic heterocycles. The minimum atomic E-state index is -1.39. The maximum Gasteiger partial charge on any atom is 0.249 e. The number of halogens is 4. The molecule has 1 saturated carbocycles. The molecule has 1 heterocycles. The standard InChI is InChI=1S/C16H16Cl3FN2O3/c1-21(14(24)15(17)8-16(15,18)19)11-5-6-22(13(11)23)9-3-4-10(20)12(7-9)25-2/h3-4,7,11H,5-6,8H2,1-2H3. The zero-order valence-electron chi connectivity index (χ0n) is 13.6. The van der Waals surface area contributed by atoms with E-state index in [-0.39, 0.29) is 18.1 Å². The number of carbonyl (C=O) groups excluding carboxylic acids is 2. The number of rotatable bonds is 4. The topological polar surface area (TPSA) is 49.9 Å². The lowest BCUT2D eigenvalue weighted by molar-refractivity contribution is -0.137. The molecule has 1 aromatic carbocycles. The Labute approximate surface area is 159 Å². The van der Waals surface area contributed by atoms with E-state index in [1.54, 1.807) is 0 Å². The van der Waals surface area contributed by atoms with Crippen LogP contribution in [0.25, 0.3) is 0 Å². The van der Waals surface area contributed by atoms with Gasteiger partial charge in [-0.1, -0.05) is 23.2 Å². The smallest absolute Gasteiger partial charge is 0.249 e. The average molecular weight is 410 g/mol. The zero-order valence-corrected chi connectivity index (χ0v) is 15.8. The highest BCUT2D eigenvalue weighted by molar-refractivity contribution is 6.62. The van der Waals surface area contributed by atoms with E-state index in [1.165, 1.54) is 42.2 Å². The summed E-state index contributed by atoms with van der Waals surface area (Å²) in [5, 5.41) is 0. The second kappa shape index (κ2) is 6.18. The van der Waals surface area contributed by atoms with E-state index >= 15 is 0 Å². The Bertz CT molecular complexity index is 745. The van der Waals surface area contributed by atoms with Gasteiger partial charge in [0.05, 0.1) is 7.11 Å². The van der Waals surface area contributed by atoms with Crippen molar-refractivity contribution in [1.29, 1.82) is 0 Å². The van der Waals surface area contributed by atoms with Gasteiger partial charge in [-0.25, -0.2) is 4.39 Å². The van der Waals surface area contributed by atoms with Crippen LogP contribution in [-0.4, -0.2) is 52.7 Å². The van der Waals surface area contributed by atoms with E-state index in [1.807, 2.05) is 0 Å². The van der Waals surface area contributed by atoms with Crippen molar-refractivity contribution in [2.24, 2.45) is 0 Å². The molecule has 5 nitrogen and oxygen atoms in total. The molecule has 3 rings (SSSR count). The predicted octanol–water partition coefficient (Wildman–Crippen LogP) is 2.95. The highest BCUT2D eigenvalue weighted by Crippen LogP contribution is 2.62. The number of carbonyl (C=O) groups is 2. The Morgan fingerprint density at radius 2 is 2.04 bits per heavy atom. The summed E-state index contributed by atoms with van der Waals surface area (Å²) in [6, 6.07) is 3.50. The van der Waals surface area contributed by atoms with Gasteiger partial charge in [-0.3, -0.25) is 9.59 Å². The number of hydrogen-bond donors (Lipinski definition) is 0. The summed E-state index contributed by atoms with van der Waals surface area (Å²) < 4.78 is 17.2. The summed E-state index contributed by atoms with van der Waals surface area (Å²) >= 11 is 18.1. The predicted molar refractivity (Wildman–Crippen MR) is 94.1 cm³/mol. The first-order valence-corrected chi connectivity index (χ1v) is 8.74. The lowest BCUT2D eigenvalue weighted by Gasteiger charge is -2.26. The normalized spacial score (nSPS) is 27.4. The molecule has 0 spiro atoms. The molecule has 1 aliphatic heterocycles. The molecule has 136 valence electrons. The molecular weight excluding hydrogens is 394 g/mol. The molecule has 0 N–H and O–H groups in total. The third-order valence-corrected chi connectivity index (χ3v) is 6.39. The minimum absolute atomic E-state index is 0.0462. The molecule has 2 fully saturated rings.